The molecular formula is C21H25F2N5O. The third kappa shape index (κ3) is 4.63. The number of hydrogen-bond acceptors (Lipinski definition) is 5. The van der Waals surface area contributed by atoms with Gasteiger partial charge in [-0.1, -0.05) is 6.07 Å². The zero-order chi connectivity index (χ0) is 20.4. The number of nitrogens with one attached hydrogen (secondary N) is 1. The lowest BCUT2D eigenvalue weighted by Gasteiger charge is -2.32. The van der Waals surface area contributed by atoms with Gasteiger partial charge in [0.2, 0.25) is 5.91 Å². The van der Waals surface area contributed by atoms with Crippen LogP contribution in [-0.2, 0) is 4.79 Å². The Morgan fingerprint density at radius 3 is 2.59 bits per heavy atom. The van der Waals surface area contributed by atoms with Crippen LogP contribution in [0.3, 0.4) is 0 Å². The number of carbonyl (C=O) groups excluding carboxylic acids is 1. The maximum absolute atomic E-state index is 13.8. The standard InChI is InChI=1S/C21H25F2N5O/c1-15(29)27-9-5-16(6-10-27)17-12-19(25-18-4-2-3-8-24-18)26-20(13-17)28-11-7-21(22,23)14-28/h2-4,8,12-13,16H,5-7,9-11,14H2,1H3,(H,24,25,26). The summed E-state index contributed by atoms with van der Waals surface area (Å²) in [5, 5.41) is 3.19. The Bertz CT molecular complexity index is 869. The molecule has 0 aliphatic carbocycles. The molecule has 2 aliphatic rings. The highest BCUT2D eigenvalue weighted by atomic mass is 19.3. The van der Waals surface area contributed by atoms with Crippen LogP contribution in [0, 0.1) is 0 Å². The third-order valence-electron chi connectivity index (χ3n) is 5.66. The smallest absolute Gasteiger partial charge is 0.266 e. The van der Waals surface area contributed by atoms with Gasteiger partial charge in [-0.25, -0.2) is 18.7 Å². The molecule has 2 aromatic rings. The molecule has 2 saturated heterocycles. The summed E-state index contributed by atoms with van der Waals surface area (Å²) >= 11 is 0. The summed E-state index contributed by atoms with van der Waals surface area (Å²) in [6, 6.07) is 9.44. The molecule has 2 aromatic heterocycles. The van der Waals surface area contributed by atoms with Crippen LogP contribution in [0.4, 0.5) is 26.2 Å². The molecule has 4 rings (SSSR count). The third-order valence-corrected chi connectivity index (χ3v) is 5.66. The summed E-state index contributed by atoms with van der Waals surface area (Å²) in [7, 11) is 0. The lowest BCUT2D eigenvalue weighted by Crippen LogP contribution is -2.36. The summed E-state index contributed by atoms with van der Waals surface area (Å²) in [4.78, 5) is 24.0. The van der Waals surface area contributed by atoms with Crippen LogP contribution in [0.2, 0.25) is 0 Å². The molecule has 6 nitrogen and oxygen atoms in total. The second-order valence-electron chi connectivity index (χ2n) is 7.79. The van der Waals surface area contributed by atoms with E-state index in [9.17, 15) is 13.6 Å². The Labute approximate surface area is 168 Å². The van der Waals surface area contributed by atoms with E-state index >= 15 is 0 Å². The van der Waals surface area contributed by atoms with Crippen LogP contribution in [0.15, 0.2) is 36.5 Å². The molecule has 29 heavy (non-hydrogen) atoms. The number of aromatic nitrogens is 2. The second kappa shape index (κ2) is 7.93. The van der Waals surface area contributed by atoms with Crippen LogP contribution in [0.1, 0.15) is 37.7 Å². The number of likely N-dealkylation sites (tertiary alicyclic amines) is 1. The number of rotatable bonds is 4. The molecule has 0 saturated carbocycles. The predicted molar refractivity (Wildman–Crippen MR) is 108 cm³/mol. The number of nitrogens with zero attached hydrogens (tertiary/aromatic N) is 4. The first kappa shape index (κ1) is 19.5. The number of alkyl halides is 2. The molecule has 0 radical (unpaired) electrons. The number of anilines is 3. The average Bonchev–Trinajstić information content (AvgIpc) is 3.08. The molecule has 0 spiro atoms. The van der Waals surface area contributed by atoms with Crippen molar-refractivity contribution in [2.75, 3.05) is 36.4 Å². The van der Waals surface area contributed by atoms with Crippen molar-refractivity contribution in [2.24, 2.45) is 0 Å². The molecule has 1 amide bonds. The monoisotopic (exact) mass is 401 g/mol. The van der Waals surface area contributed by atoms with Crippen molar-refractivity contribution in [3.63, 3.8) is 0 Å². The fraction of sp³-hybridized carbons (Fsp3) is 0.476. The van der Waals surface area contributed by atoms with Gasteiger partial charge in [-0.3, -0.25) is 4.79 Å². The fourth-order valence-electron chi connectivity index (χ4n) is 4.03. The molecule has 4 heterocycles. The number of halogens is 2. The average molecular weight is 401 g/mol. The molecule has 0 aromatic carbocycles. The van der Waals surface area contributed by atoms with E-state index in [-0.39, 0.29) is 31.3 Å². The van der Waals surface area contributed by atoms with E-state index in [4.69, 9.17) is 0 Å². The van der Waals surface area contributed by atoms with Crippen molar-refractivity contribution < 1.29 is 13.6 Å². The van der Waals surface area contributed by atoms with Crippen molar-refractivity contribution >= 4 is 23.4 Å². The summed E-state index contributed by atoms with van der Waals surface area (Å²) in [5.74, 6) is -0.511. The van der Waals surface area contributed by atoms with E-state index < -0.39 is 5.92 Å². The molecule has 0 atom stereocenters. The Balaban J connectivity index is 1.60. The normalized spacial score (nSPS) is 19.4. The van der Waals surface area contributed by atoms with Crippen molar-refractivity contribution in [3.8, 4) is 0 Å². The van der Waals surface area contributed by atoms with Gasteiger partial charge in [0, 0.05) is 39.2 Å². The minimum Gasteiger partial charge on any atom is -0.350 e. The van der Waals surface area contributed by atoms with Gasteiger partial charge in [0.05, 0.1) is 6.54 Å². The second-order valence-corrected chi connectivity index (χ2v) is 7.79. The van der Waals surface area contributed by atoms with Gasteiger partial charge < -0.3 is 15.1 Å². The van der Waals surface area contributed by atoms with E-state index in [0.717, 1.165) is 18.4 Å². The van der Waals surface area contributed by atoms with Crippen molar-refractivity contribution in [3.05, 3.63) is 42.1 Å². The fourth-order valence-corrected chi connectivity index (χ4v) is 4.03. The topological polar surface area (TPSA) is 61.4 Å². The predicted octanol–water partition coefficient (Wildman–Crippen LogP) is 3.79. The van der Waals surface area contributed by atoms with Gasteiger partial charge in [0.1, 0.15) is 17.5 Å². The highest BCUT2D eigenvalue weighted by molar-refractivity contribution is 5.73. The number of amides is 1. The van der Waals surface area contributed by atoms with Gasteiger partial charge in [-0.15, -0.1) is 0 Å². The summed E-state index contributed by atoms with van der Waals surface area (Å²) < 4.78 is 27.5. The zero-order valence-electron chi connectivity index (χ0n) is 16.4. The van der Waals surface area contributed by atoms with Crippen LogP contribution < -0.4 is 10.2 Å². The highest BCUT2D eigenvalue weighted by Gasteiger charge is 2.39. The molecule has 2 fully saturated rings. The lowest BCUT2D eigenvalue weighted by molar-refractivity contribution is -0.129. The van der Waals surface area contributed by atoms with E-state index in [1.807, 2.05) is 35.2 Å². The summed E-state index contributed by atoms with van der Waals surface area (Å²) in [6.45, 7) is 2.99. The molecule has 154 valence electrons. The Morgan fingerprint density at radius 2 is 1.97 bits per heavy atom. The lowest BCUT2D eigenvalue weighted by atomic mass is 9.89. The summed E-state index contributed by atoms with van der Waals surface area (Å²) in [6.07, 6.45) is 3.23. The van der Waals surface area contributed by atoms with E-state index in [1.165, 1.54) is 0 Å². The van der Waals surface area contributed by atoms with Gasteiger partial charge in [0.25, 0.3) is 5.92 Å². The molecule has 0 unspecified atom stereocenters. The first-order chi connectivity index (χ1) is 13.9. The van der Waals surface area contributed by atoms with Crippen molar-refractivity contribution in [1.29, 1.82) is 0 Å². The maximum Gasteiger partial charge on any atom is 0.266 e. The largest absolute Gasteiger partial charge is 0.350 e. The number of pyridine rings is 2. The van der Waals surface area contributed by atoms with E-state index in [0.29, 0.717) is 30.5 Å². The maximum atomic E-state index is 13.8. The van der Waals surface area contributed by atoms with Gasteiger partial charge in [0.15, 0.2) is 0 Å². The van der Waals surface area contributed by atoms with Crippen LogP contribution in [-0.4, -0.2) is 52.9 Å². The zero-order valence-corrected chi connectivity index (χ0v) is 16.4. The highest BCUT2D eigenvalue weighted by Crippen LogP contribution is 2.35. The first-order valence-electron chi connectivity index (χ1n) is 9.98. The Morgan fingerprint density at radius 1 is 1.17 bits per heavy atom. The quantitative estimate of drug-likeness (QED) is 0.845. The molecule has 2 aliphatic heterocycles. The molecule has 8 heteroatoms. The van der Waals surface area contributed by atoms with Crippen LogP contribution >= 0.6 is 0 Å². The SMILES string of the molecule is CC(=O)N1CCC(c2cc(Nc3ccccn3)nc(N3CCC(F)(F)C3)c2)CC1. The first-order valence-corrected chi connectivity index (χ1v) is 9.98. The number of carbonyl (C=O) groups is 1. The van der Waals surface area contributed by atoms with Gasteiger partial charge in [-0.2, -0.15) is 0 Å². The van der Waals surface area contributed by atoms with Crippen LogP contribution in [0.5, 0.6) is 0 Å². The Kier molecular flexibility index (Phi) is 5.34. The van der Waals surface area contributed by atoms with E-state index in [2.05, 4.69) is 15.3 Å². The van der Waals surface area contributed by atoms with Gasteiger partial charge in [-0.05, 0) is 48.6 Å². The summed E-state index contributed by atoms with van der Waals surface area (Å²) in [5.41, 5.74) is 1.06. The van der Waals surface area contributed by atoms with Crippen molar-refractivity contribution in [1.82, 2.24) is 14.9 Å². The molecular weight excluding hydrogens is 376 g/mol. The minimum absolute atomic E-state index is 0.0932. The van der Waals surface area contributed by atoms with Crippen LogP contribution in [0.25, 0.3) is 0 Å². The van der Waals surface area contributed by atoms with Gasteiger partial charge >= 0.3 is 0 Å². The minimum atomic E-state index is -2.68. The molecule has 0 bridgehead atoms. The Hall–Kier alpha value is -2.77. The van der Waals surface area contributed by atoms with E-state index in [1.54, 1.807) is 18.0 Å². The number of hydrogen-bond donors (Lipinski definition) is 1. The molecule has 1 N–H and O–H groups in total. The van der Waals surface area contributed by atoms with Crippen molar-refractivity contribution in [2.45, 2.75) is 38.0 Å². The number of piperidine rings is 1.